The second-order valence-electron chi connectivity index (χ2n) is 7.66. The number of aromatic amines is 1. The number of nitrogens with one attached hydrogen (secondary N) is 2. The van der Waals surface area contributed by atoms with E-state index >= 15 is 0 Å². The van der Waals surface area contributed by atoms with Crippen molar-refractivity contribution in [1.29, 1.82) is 0 Å². The van der Waals surface area contributed by atoms with Gasteiger partial charge in [-0.05, 0) is 68.5 Å². The number of hydrogen-bond donors (Lipinski definition) is 2. The minimum Gasteiger partial charge on any atom is -0.354 e. The topological polar surface area (TPSA) is 61.0 Å². The van der Waals surface area contributed by atoms with Crippen molar-refractivity contribution < 1.29 is 4.79 Å². The lowest BCUT2D eigenvalue weighted by molar-refractivity contribution is -0.126. The van der Waals surface area contributed by atoms with E-state index in [1.54, 1.807) is 0 Å². The van der Waals surface area contributed by atoms with Crippen LogP contribution in [-0.4, -0.2) is 46.5 Å². The van der Waals surface area contributed by atoms with Crippen LogP contribution < -0.4 is 5.32 Å². The predicted octanol–water partition coefficient (Wildman–Crippen LogP) is 3.49. The van der Waals surface area contributed by atoms with Gasteiger partial charge in [0, 0.05) is 24.3 Å². The predicted molar refractivity (Wildman–Crippen MR) is 112 cm³/mol. The number of rotatable bonds is 6. The van der Waals surface area contributed by atoms with Crippen molar-refractivity contribution in [1.82, 2.24) is 20.2 Å². The second-order valence-corrected chi connectivity index (χ2v) is 7.66. The minimum absolute atomic E-state index is 0.0821. The number of hydrogen-bond acceptors (Lipinski definition) is 3. The van der Waals surface area contributed by atoms with Gasteiger partial charge in [-0.1, -0.05) is 30.3 Å². The Morgan fingerprint density at radius 3 is 2.79 bits per heavy atom. The zero-order chi connectivity index (χ0) is 19.3. The first-order valence-corrected chi connectivity index (χ1v) is 10.2. The number of H-pyrrole nitrogens is 1. The maximum absolute atomic E-state index is 12.6. The summed E-state index contributed by atoms with van der Waals surface area (Å²) in [5, 5.41) is 4.33. The molecule has 0 radical (unpaired) electrons. The third-order valence-corrected chi connectivity index (χ3v) is 5.94. The molecule has 1 atom stereocenters. The smallest absolute Gasteiger partial charge is 0.237 e. The number of pyridine rings is 1. The molecule has 1 fully saturated rings. The Kier molecular flexibility index (Phi) is 5.72. The lowest BCUT2D eigenvalue weighted by Crippen LogP contribution is -2.48. The molecule has 1 amide bonds. The first kappa shape index (κ1) is 18.7. The molecular weight excluding hydrogens is 348 g/mol. The summed E-state index contributed by atoms with van der Waals surface area (Å²) >= 11 is 0. The number of carbonyl (C=O) groups is 1. The molecule has 146 valence electrons. The van der Waals surface area contributed by atoms with Crippen LogP contribution in [0.15, 0.2) is 54.9 Å². The highest BCUT2D eigenvalue weighted by Crippen LogP contribution is 2.33. The van der Waals surface area contributed by atoms with Crippen LogP contribution in [0.25, 0.3) is 11.0 Å². The van der Waals surface area contributed by atoms with Crippen LogP contribution in [0.2, 0.25) is 0 Å². The molecule has 2 aromatic heterocycles. The van der Waals surface area contributed by atoms with Gasteiger partial charge >= 0.3 is 0 Å². The Hall–Kier alpha value is -2.66. The highest BCUT2D eigenvalue weighted by atomic mass is 16.2. The molecule has 1 saturated heterocycles. The number of benzene rings is 1. The standard InChI is InChI=1S/C23H28N4O/c1-17(23(28)25-13-9-18-6-3-2-4-7-18)27-14-10-19(11-15-27)21-16-26-22-20(21)8-5-12-24-22/h2-8,12,16-17,19H,9-11,13-15H2,1H3,(H,24,26)(H,25,28). The lowest BCUT2D eigenvalue weighted by atomic mass is 9.89. The average molecular weight is 377 g/mol. The van der Waals surface area contributed by atoms with Gasteiger partial charge in [0.2, 0.25) is 5.91 Å². The Morgan fingerprint density at radius 2 is 2.00 bits per heavy atom. The molecule has 1 aliphatic heterocycles. The van der Waals surface area contributed by atoms with Crippen LogP contribution in [0.1, 0.15) is 36.8 Å². The van der Waals surface area contributed by atoms with E-state index in [9.17, 15) is 4.79 Å². The summed E-state index contributed by atoms with van der Waals surface area (Å²) in [5.41, 5.74) is 3.58. The molecule has 4 rings (SSSR count). The molecule has 3 heterocycles. The fourth-order valence-corrected chi connectivity index (χ4v) is 4.20. The Labute approximate surface area is 166 Å². The monoisotopic (exact) mass is 376 g/mol. The van der Waals surface area contributed by atoms with E-state index in [-0.39, 0.29) is 11.9 Å². The first-order chi connectivity index (χ1) is 13.7. The van der Waals surface area contributed by atoms with Crippen LogP contribution in [0, 0.1) is 0 Å². The lowest BCUT2D eigenvalue weighted by Gasteiger charge is -2.35. The third-order valence-electron chi connectivity index (χ3n) is 5.94. The van der Waals surface area contributed by atoms with E-state index in [2.05, 4.69) is 44.6 Å². The summed E-state index contributed by atoms with van der Waals surface area (Å²) in [6, 6.07) is 14.3. The molecule has 0 bridgehead atoms. The average Bonchev–Trinajstić information content (AvgIpc) is 3.18. The van der Waals surface area contributed by atoms with Gasteiger partial charge in [-0.25, -0.2) is 4.98 Å². The van der Waals surface area contributed by atoms with E-state index in [1.165, 1.54) is 16.5 Å². The van der Waals surface area contributed by atoms with Gasteiger partial charge in [0.25, 0.3) is 0 Å². The first-order valence-electron chi connectivity index (χ1n) is 10.2. The summed E-state index contributed by atoms with van der Waals surface area (Å²) in [6.45, 7) is 4.61. The molecule has 5 nitrogen and oxygen atoms in total. The van der Waals surface area contributed by atoms with E-state index < -0.39 is 0 Å². The number of piperidine rings is 1. The van der Waals surface area contributed by atoms with Gasteiger partial charge < -0.3 is 10.3 Å². The molecule has 5 heteroatoms. The molecule has 1 unspecified atom stereocenters. The minimum atomic E-state index is -0.0821. The number of amides is 1. The van der Waals surface area contributed by atoms with Crippen molar-refractivity contribution in [3.63, 3.8) is 0 Å². The molecule has 1 aromatic carbocycles. The Balaban J connectivity index is 1.27. The summed E-state index contributed by atoms with van der Waals surface area (Å²) in [5.74, 6) is 0.660. The van der Waals surface area contributed by atoms with Crippen LogP contribution in [0.3, 0.4) is 0 Å². The molecule has 28 heavy (non-hydrogen) atoms. The largest absolute Gasteiger partial charge is 0.354 e. The van der Waals surface area contributed by atoms with Crippen molar-refractivity contribution in [3.05, 3.63) is 66.0 Å². The Morgan fingerprint density at radius 1 is 1.21 bits per heavy atom. The number of nitrogens with zero attached hydrogens (tertiary/aromatic N) is 2. The molecular formula is C23H28N4O. The quantitative estimate of drug-likeness (QED) is 0.692. The summed E-state index contributed by atoms with van der Waals surface area (Å²) in [6.07, 6.45) is 6.95. The van der Waals surface area contributed by atoms with Crippen LogP contribution in [-0.2, 0) is 11.2 Å². The van der Waals surface area contributed by atoms with Gasteiger partial charge in [-0.2, -0.15) is 0 Å². The van der Waals surface area contributed by atoms with Gasteiger partial charge in [0.1, 0.15) is 5.65 Å². The van der Waals surface area contributed by atoms with Gasteiger partial charge in [-0.15, -0.1) is 0 Å². The fourth-order valence-electron chi connectivity index (χ4n) is 4.20. The van der Waals surface area contributed by atoms with Gasteiger partial charge in [-0.3, -0.25) is 9.69 Å². The molecule has 0 spiro atoms. The van der Waals surface area contributed by atoms with Crippen molar-refractivity contribution in [2.24, 2.45) is 0 Å². The number of aromatic nitrogens is 2. The molecule has 2 N–H and O–H groups in total. The second kappa shape index (κ2) is 8.57. The van der Waals surface area contributed by atoms with Crippen molar-refractivity contribution in [2.45, 2.75) is 38.1 Å². The van der Waals surface area contributed by atoms with Crippen LogP contribution in [0.4, 0.5) is 0 Å². The van der Waals surface area contributed by atoms with Crippen molar-refractivity contribution >= 4 is 16.9 Å². The molecule has 0 aliphatic carbocycles. The van der Waals surface area contributed by atoms with Crippen molar-refractivity contribution in [3.8, 4) is 0 Å². The maximum atomic E-state index is 12.6. The van der Waals surface area contributed by atoms with Gasteiger partial charge in [0.15, 0.2) is 0 Å². The fraction of sp³-hybridized carbons (Fsp3) is 0.391. The third kappa shape index (κ3) is 4.09. The maximum Gasteiger partial charge on any atom is 0.237 e. The number of likely N-dealkylation sites (tertiary alicyclic amines) is 1. The SMILES string of the molecule is CC(C(=O)NCCc1ccccc1)N1CCC(c2c[nH]c3ncccc23)CC1. The van der Waals surface area contributed by atoms with Crippen LogP contribution >= 0.6 is 0 Å². The van der Waals surface area contributed by atoms with E-state index in [0.717, 1.165) is 38.0 Å². The van der Waals surface area contributed by atoms with Crippen molar-refractivity contribution in [2.75, 3.05) is 19.6 Å². The zero-order valence-electron chi connectivity index (χ0n) is 16.4. The summed E-state index contributed by atoms with van der Waals surface area (Å²) < 4.78 is 0. The normalized spacial score (nSPS) is 16.9. The van der Waals surface area contributed by atoms with E-state index in [1.807, 2.05) is 37.4 Å². The summed E-state index contributed by atoms with van der Waals surface area (Å²) in [4.78, 5) is 22.5. The zero-order valence-corrected chi connectivity index (χ0v) is 16.4. The highest BCUT2D eigenvalue weighted by molar-refractivity contribution is 5.81. The molecule has 0 saturated carbocycles. The van der Waals surface area contributed by atoms with E-state index in [4.69, 9.17) is 0 Å². The number of carbonyl (C=O) groups excluding carboxylic acids is 1. The van der Waals surface area contributed by atoms with Crippen LogP contribution in [0.5, 0.6) is 0 Å². The number of fused-ring (bicyclic) bond motifs is 1. The summed E-state index contributed by atoms with van der Waals surface area (Å²) in [7, 11) is 0. The highest BCUT2D eigenvalue weighted by Gasteiger charge is 2.28. The van der Waals surface area contributed by atoms with Gasteiger partial charge in [0.05, 0.1) is 6.04 Å². The Bertz CT molecular complexity index is 913. The molecule has 1 aliphatic rings. The molecule has 3 aromatic rings. The van der Waals surface area contributed by atoms with E-state index in [0.29, 0.717) is 12.5 Å².